The molecule has 0 aliphatic heterocycles. The fourth-order valence-corrected chi connectivity index (χ4v) is 2.02. The lowest BCUT2D eigenvalue weighted by Crippen LogP contribution is -2.11. The third-order valence-electron chi connectivity index (χ3n) is 3.17. The van der Waals surface area contributed by atoms with Gasteiger partial charge in [0.1, 0.15) is 0 Å². The number of esters is 1. The number of aromatic nitrogens is 2. The molecule has 0 bridgehead atoms. The molecule has 4 nitrogen and oxygen atoms in total. The molecule has 26 heavy (non-hydrogen) atoms. The van der Waals surface area contributed by atoms with Crippen LogP contribution in [0.3, 0.4) is 0 Å². The normalized spacial score (nSPS) is 12.6. The number of hydrogen-bond donors (Lipinski definition) is 0. The van der Waals surface area contributed by atoms with Crippen LogP contribution in [0.1, 0.15) is 18.1 Å². The summed E-state index contributed by atoms with van der Waals surface area (Å²) in [5.74, 6) is -0.664. The van der Waals surface area contributed by atoms with Gasteiger partial charge in [-0.05, 0) is 30.7 Å². The van der Waals surface area contributed by atoms with Crippen LogP contribution >= 0.6 is 0 Å². The van der Waals surface area contributed by atoms with Crippen LogP contribution in [0.15, 0.2) is 36.7 Å². The molecule has 0 atom stereocenters. The Morgan fingerprint density at radius 2 is 1.65 bits per heavy atom. The minimum atomic E-state index is -4.93. The number of alkyl halides is 6. The Hall–Kier alpha value is -2.78. The number of rotatable bonds is 4. The van der Waals surface area contributed by atoms with Crippen LogP contribution in [-0.2, 0) is 21.9 Å². The van der Waals surface area contributed by atoms with Crippen LogP contribution in [0.5, 0.6) is 0 Å². The summed E-state index contributed by atoms with van der Waals surface area (Å²) in [4.78, 5) is 11.2. The van der Waals surface area contributed by atoms with Gasteiger partial charge in [-0.3, -0.25) is 0 Å². The molecule has 140 valence electrons. The van der Waals surface area contributed by atoms with Crippen molar-refractivity contribution in [2.45, 2.75) is 19.3 Å². The van der Waals surface area contributed by atoms with Gasteiger partial charge in [-0.15, -0.1) is 0 Å². The van der Waals surface area contributed by atoms with E-state index < -0.39 is 29.4 Å². The average Bonchev–Trinajstić information content (AvgIpc) is 3.00. The maximum absolute atomic E-state index is 12.9. The van der Waals surface area contributed by atoms with Gasteiger partial charge in [0, 0.05) is 24.0 Å². The topological polar surface area (TPSA) is 44.1 Å². The molecule has 1 aromatic carbocycles. The molecule has 1 heterocycles. The summed E-state index contributed by atoms with van der Waals surface area (Å²) in [6.07, 6.45) is -5.41. The summed E-state index contributed by atoms with van der Waals surface area (Å²) < 4.78 is 83.0. The maximum atomic E-state index is 12.9. The van der Waals surface area contributed by atoms with Crippen LogP contribution in [0, 0.1) is 0 Å². The van der Waals surface area contributed by atoms with Gasteiger partial charge in [0.15, 0.2) is 0 Å². The van der Waals surface area contributed by atoms with Gasteiger partial charge in [0.05, 0.1) is 23.9 Å². The second-order valence-corrected chi connectivity index (χ2v) is 5.07. The molecule has 0 aliphatic rings. The number of ether oxygens (including phenoxy) is 1. The van der Waals surface area contributed by atoms with E-state index in [0.717, 1.165) is 17.0 Å². The second-order valence-electron chi connectivity index (χ2n) is 5.07. The number of hydrogen-bond acceptors (Lipinski definition) is 3. The molecular formula is C16H12F6N2O2. The van der Waals surface area contributed by atoms with Crippen LogP contribution in [-0.4, -0.2) is 22.4 Å². The van der Waals surface area contributed by atoms with Crippen molar-refractivity contribution in [1.29, 1.82) is 0 Å². The maximum Gasteiger partial charge on any atom is 0.416 e. The van der Waals surface area contributed by atoms with E-state index >= 15 is 0 Å². The summed E-state index contributed by atoms with van der Waals surface area (Å²) in [7, 11) is 0. The second kappa shape index (κ2) is 7.22. The zero-order chi connectivity index (χ0) is 19.5. The smallest absolute Gasteiger partial charge is 0.416 e. The first-order valence-electron chi connectivity index (χ1n) is 7.19. The van der Waals surface area contributed by atoms with Crippen LogP contribution in [0.4, 0.5) is 26.3 Å². The minimum Gasteiger partial charge on any atom is -0.463 e. The van der Waals surface area contributed by atoms with E-state index in [1.54, 1.807) is 6.92 Å². The molecule has 0 saturated carbocycles. The highest BCUT2D eigenvalue weighted by Crippen LogP contribution is 2.38. The van der Waals surface area contributed by atoms with Crippen molar-refractivity contribution < 1.29 is 35.9 Å². The quantitative estimate of drug-likeness (QED) is 0.443. The number of benzene rings is 1. The number of carbonyl (C=O) groups is 1. The fraction of sp³-hybridized carbons (Fsp3) is 0.250. The van der Waals surface area contributed by atoms with Crippen LogP contribution < -0.4 is 0 Å². The SMILES string of the molecule is CCOC(=O)/C=C\n1cc(-c2cc(C(F)(F)F)cc(C(F)(F)F)c2)cn1. The fourth-order valence-electron chi connectivity index (χ4n) is 2.02. The molecule has 1 aromatic heterocycles. The first-order chi connectivity index (χ1) is 12.0. The third-order valence-corrected chi connectivity index (χ3v) is 3.17. The summed E-state index contributed by atoms with van der Waals surface area (Å²) in [5.41, 5.74) is -3.12. The highest BCUT2D eigenvalue weighted by Gasteiger charge is 2.37. The molecule has 0 radical (unpaired) electrons. The zero-order valence-corrected chi connectivity index (χ0v) is 13.2. The number of nitrogens with zero attached hydrogens (tertiary/aromatic N) is 2. The predicted molar refractivity (Wildman–Crippen MR) is 79.6 cm³/mol. The van der Waals surface area contributed by atoms with E-state index in [0.29, 0.717) is 12.1 Å². The average molecular weight is 378 g/mol. The van der Waals surface area contributed by atoms with Crippen molar-refractivity contribution in [2.75, 3.05) is 6.61 Å². The molecule has 2 rings (SSSR count). The van der Waals surface area contributed by atoms with Crippen molar-refractivity contribution in [3.63, 3.8) is 0 Å². The molecule has 2 aromatic rings. The van der Waals surface area contributed by atoms with Gasteiger partial charge in [-0.2, -0.15) is 31.4 Å². The van der Waals surface area contributed by atoms with Crippen molar-refractivity contribution in [3.8, 4) is 11.1 Å². The molecule has 0 saturated heterocycles. The summed E-state index contributed by atoms with van der Waals surface area (Å²) in [5, 5.41) is 3.77. The van der Waals surface area contributed by atoms with E-state index in [9.17, 15) is 31.1 Å². The number of halogens is 6. The van der Waals surface area contributed by atoms with Crippen molar-refractivity contribution >= 4 is 12.2 Å². The Balaban J connectivity index is 2.41. The first-order valence-corrected chi connectivity index (χ1v) is 7.19. The lowest BCUT2D eigenvalue weighted by atomic mass is 10.0. The van der Waals surface area contributed by atoms with Crippen LogP contribution in [0.2, 0.25) is 0 Å². The number of carbonyl (C=O) groups excluding carboxylic acids is 1. The first kappa shape index (κ1) is 19.5. The Labute approximate surface area is 143 Å². The molecule has 0 aliphatic carbocycles. The molecule has 0 amide bonds. The van der Waals surface area contributed by atoms with E-state index in [1.165, 1.54) is 12.4 Å². The molecule has 0 fully saturated rings. The molecule has 10 heteroatoms. The van der Waals surface area contributed by atoms with E-state index in [2.05, 4.69) is 9.84 Å². The Bertz CT molecular complexity index is 789. The third kappa shape index (κ3) is 4.87. The largest absolute Gasteiger partial charge is 0.463 e. The Morgan fingerprint density at radius 1 is 1.08 bits per heavy atom. The van der Waals surface area contributed by atoms with Gasteiger partial charge in [0.25, 0.3) is 0 Å². The summed E-state index contributed by atoms with van der Waals surface area (Å²) >= 11 is 0. The van der Waals surface area contributed by atoms with Gasteiger partial charge >= 0.3 is 18.3 Å². The molecule has 0 N–H and O–H groups in total. The van der Waals surface area contributed by atoms with E-state index in [1.807, 2.05) is 0 Å². The van der Waals surface area contributed by atoms with Gasteiger partial charge in [0.2, 0.25) is 0 Å². The Kier molecular flexibility index (Phi) is 5.43. The van der Waals surface area contributed by atoms with Crippen molar-refractivity contribution in [2.24, 2.45) is 0 Å². The van der Waals surface area contributed by atoms with Gasteiger partial charge < -0.3 is 4.74 Å². The molecule has 0 unspecified atom stereocenters. The van der Waals surface area contributed by atoms with Gasteiger partial charge in [-0.25, -0.2) is 9.48 Å². The summed E-state index contributed by atoms with van der Waals surface area (Å²) in [6.45, 7) is 1.75. The Morgan fingerprint density at radius 3 is 2.15 bits per heavy atom. The standard InChI is InChI=1S/C16H12F6N2O2/c1-2-26-14(25)3-4-24-9-11(8-23-24)10-5-12(15(17,18)19)7-13(6-10)16(20,21)22/h3-9H,2H2,1H3/b4-3-. The highest BCUT2D eigenvalue weighted by molar-refractivity contribution is 5.85. The predicted octanol–water partition coefficient (Wildman–Crippen LogP) is 4.62. The van der Waals surface area contributed by atoms with E-state index in [-0.39, 0.29) is 23.8 Å². The van der Waals surface area contributed by atoms with Gasteiger partial charge in [-0.1, -0.05) is 0 Å². The highest BCUT2D eigenvalue weighted by atomic mass is 19.4. The monoisotopic (exact) mass is 378 g/mol. The molecule has 0 spiro atoms. The lowest BCUT2D eigenvalue weighted by molar-refractivity contribution is -0.143. The zero-order valence-electron chi connectivity index (χ0n) is 13.2. The molecular weight excluding hydrogens is 366 g/mol. The lowest BCUT2D eigenvalue weighted by Gasteiger charge is -2.13. The minimum absolute atomic E-state index is 0.0232. The van der Waals surface area contributed by atoms with Crippen molar-refractivity contribution in [3.05, 3.63) is 47.8 Å². The van der Waals surface area contributed by atoms with Crippen molar-refractivity contribution in [1.82, 2.24) is 9.78 Å². The summed E-state index contributed by atoms with van der Waals surface area (Å²) in [6, 6.07) is 1.26. The van der Waals surface area contributed by atoms with E-state index in [4.69, 9.17) is 0 Å². The van der Waals surface area contributed by atoms with Crippen LogP contribution in [0.25, 0.3) is 17.3 Å².